The predicted molar refractivity (Wildman–Crippen MR) is 86.0 cm³/mol. The van der Waals surface area contributed by atoms with E-state index >= 15 is 0 Å². The molecule has 1 saturated heterocycles. The topological polar surface area (TPSA) is 111 Å². The maximum atomic E-state index is 12.5. The molecule has 3 rings (SSSR count). The first-order chi connectivity index (χ1) is 11.5. The van der Waals surface area contributed by atoms with Crippen LogP contribution in [0.25, 0.3) is 0 Å². The van der Waals surface area contributed by atoms with Crippen molar-refractivity contribution in [1.29, 1.82) is 0 Å². The number of aryl methyl sites for hydroxylation is 1. The second-order valence-corrected chi connectivity index (χ2v) is 6.06. The number of aliphatic hydroxyl groups is 1. The van der Waals surface area contributed by atoms with Crippen molar-refractivity contribution in [2.45, 2.75) is 19.4 Å². The maximum absolute atomic E-state index is 12.5. The van der Waals surface area contributed by atoms with Crippen LogP contribution in [-0.4, -0.2) is 57.4 Å². The van der Waals surface area contributed by atoms with Crippen LogP contribution < -0.4 is 10.2 Å². The molecule has 0 saturated carbocycles. The van der Waals surface area contributed by atoms with Gasteiger partial charge in [0.1, 0.15) is 5.69 Å². The number of aliphatic hydroxyl groups excluding tert-OH is 1. The van der Waals surface area contributed by atoms with Crippen LogP contribution in [-0.2, 0) is 6.42 Å². The molecule has 0 aliphatic carbocycles. The van der Waals surface area contributed by atoms with Crippen molar-refractivity contribution < 1.29 is 14.6 Å². The number of nitrogens with zero attached hydrogens (tertiary/aromatic N) is 2. The van der Waals surface area contributed by atoms with Crippen LogP contribution in [0.4, 0.5) is 0 Å². The Labute approximate surface area is 138 Å². The quantitative estimate of drug-likeness (QED) is 0.735. The fourth-order valence-corrected chi connectivity index (χ4v) is 2.98. The summed E-state index contributed by atoms with van der Waals surface area (Å²) in [5.41, 5.74) is 1.65. The molecular weight excluding hydrogens is 312 g/mol. The van der Waals surface area contributed by atoms with E-state index in [1.54, 1.807) is 4.90 Å². The van der Waals surface area contributed by atoms with E-state index in [4.69, 9.17) is 4.74 Å². The Hall–Kier alpha value is -2.61. The normalized spacial score (nSPS) is 20.4. The van der Waals surface area contributed by atoms with E-state index in [0.29, 0.717) is 13.0 Å². The number of H-pyrrole nitrogens is 2. The first-order valence-electron chi connectivity index (χ1n) is 7.73. The zero-order valence-electron chi connectivity index (χ0n) is 13.6. The lowest BCUT2D eigenvalue weighted by Gasteiger charge is -2.15. The Morgan fingerprint density at radius 3 is 2.88 bits per heavy atom. The van der Waals surface area contributed by atoms with Crippen molar-refractivity contribution >= 4 is 5.91 Å². The van der Waals surface area contributed by atoms with Gasteiger partial charge in [-0.15, -0.1) is 0 Å². The van der Waals surface area contributed by atoms with Gasteiger partial charge in [0.25, 0.3) is 5.91 Å². The molecule has 1 fully saturated rings. The molecule has 24 heavy (non-hydrogen) atoms. The number of β-amino-alcohol motifs (C(OH)–C–C–N with tert-alkyl or cyclic N) is 1. The standard InChI is InChI=1S/C16H20N4O4/c1-9-3-11(19-18-9)4-10-7-20(8-14(10)22)16(23)12-5-13(21)15(24-2)6-17-12/h3,5-6,10,14,22H,4,7-8H2,1-2H3,(H,17,21)(H,18,19)/t10-,14-/m1/s1. The predicted octanol–water partition coefficient (Wildman–Crippen LogP) is 0.0906. The third-order valence-corrected chi connectivity index (χ3v) is 4.25. The number of pyridine rings is 1. The molecule has 2 atom stereocenters. The minimum absolute atomic E-state index is 0.0818. The minimum atomic E-state index is -0.615. The number of amides is 1. The third-order valence-electron chi connectivity index (χ3n) is 4.25. The molecule has 128 valence electrons. The van der Waals surface area contributed by atoms with Gasteiger partial charge in [0.05, 0.1) is 18.9 Å². The summed E-state index contributed by atoms with van der Waals surface area (Å²) in [7, 11) is 1.39. The lowest BCUT2D eigenvalue weighted by Crippen LogP contribution is -2.31. The van der Waals surface area contributed by atoms with Gasteiger partial charge in [-0.3, -0.25) is 14.7 Å². The molecule has 1 aliphatic rings. The Kier molecular flexibility index (Phi) is 4.39. The van der Waals surface area contributed by atoms with Crippen LogP contribution in [0.1, 0.15) is 21.9 Å². The fourth-order valence-electron chi connectivity index (χ4n) is 2.98. The summed E-state index contributed by atoms with van der Waals surface area (Å²) in [6.07, 6.45) is 1.34. The summed E-state index contributed by atoms with van der Waals surface area (Å²) >= 11 is 0. The SMILES string of the molecule is COc1c[nH]c(C(=O)N2C[C@@H](Cc3cc(C)[nH]n3)[C@H](O)C2)cc1=O. The van der Waals surface area contributed by atoms with Crippen LogP contribution in [0, 0.1) is 12.8 Å². The van der Waals surface area contributed by atoms with E-state index in [0.717, 1.165) is 11.4 Å². The molecule has 3 N–H and O–H groups in total. The summed E-state index contributed by atoms with van der Waals surface area (Å²) in [6.45, 7) is 2.57. The second kappa shape index (κ2) is 6.48. The highest BCUT2D eigenvalue weighted by atomic mass is 16.5. The van der Waals surface area contributed by atoms with Crippen LogP contribution in [0.3, 0.4) is 0 Å². The number of nitrogens with one attached hydrogen (secondary N) is 2. The zero-order valence-corrected chi connectivity index (χ0v) is 13.6. The van der Waals surface area contributed by atoms with Gasteiger partial charge in [0.15, 0.2) is 5.75 Å². The van der Waals surface area contributed by atoms with Crippen LogP contribution >= 0.6 is 0 Å². The van der Waals surface area contributed by atoms with Crippen molar-refractivity contribution in [3.63, 3.8) is 0 Å². The molecule has 2 aromatic heterocycles. The van der Waals surface area contributed by atoms with E-state index < -0.39 is 6.10 Å². The molecular formula is C16H20N4O4. The van der Waals surface area contributed by atoms with E-state index in [2.05, 4.69) is 15.2 Å². The van der Waals surface area contributed by atoms with E-state index in [1.807, 2.05) is 13.0 Å². The van der Waals surface area contributed by atoms with Gasteiger partial charge in [-0.05, 0) is 19.4 Å². The number of carbonyl (C=O) groups excluding carboxylic acids is 1. The molecule has 0 spiro atoms. The molecule has 0 radical (unpaired) electrons. The first kappa shape index (κ1) is 16.3. The number of aromatic amines is 2. The average Bonchev–Trinajstić information content (AvgIpc) is 3.13. The van der Waals surface area contributed by atoms with E-state index in [9.17, 15) is 14.7 Å². The van der Waals surface area contributed by atoms with Crippen molar-refractivity contribution in [1.82, 2.24) is 20.1 Å². The second-order valence-electron chi connectivity index (χ2n) is 6.06. The lowest BCUT2D eigenvalue weighted by molar-refractivity contribution is 0.0758. The summed E-state index contributed by atoms with van der Waals surface area (Å²) in [4.78, 5) is 28.6. The number of hydrogen-bond donors (Lipinski definition) is 3. The molecule has 1 aliphatic heterocycles. The molecule has 8 heteroatoms. The Morgan fingerprint density at radius 1 is 1.46 bits per heavy atom. The molecule has 8 nitrogen and oxygen atoms in total. The number of rotatable bonds is 4. The number of methoxy groups -OCH3 is 1. The van der Waals surface area contributed by atoms with Crippen LogP contribution in [0.2, 0.25) is 0 Å². The number of hydrogen-bond acceptors (Lipinski definition) is 5. The number of ether oxygens (including phenoxy) is 1. The van der Waals surface area contributed by atoms with E-state index in [1.165, 1.54) is 19.4 Å². The highest BCUT2D eigenvalue weighted by Crippen LogP contribution is 2.22. The highest BCUT2D eigenvalue weighted by molar-refractivity contribution is 5.92. The van der Waals surface area contributed by atoms with Crippen LogP contribution in [0.15, 0.2) is 23.1 Å². The molecule has 0 aromatic carbocycles. The van der Waals surface area contributed by atoms with Gasteiger partial charge < -0.3 is 19.7 Å². The monoisotopic (exact) mass is 332 g/mol. The summed E-state index contributed by atoms with van der Waals surface area (Å²) < 4.78 is 4.89. The molecule has 2 aromatic rings. The van der Waals surface area contributed by atoms with E-state index in [-0.39, 0.29) is 35.2 Å². The maximum Gasteiger partial charge on any atom is 0.270 e. The van der Waals surface area contributed by atoms with Crippen molar-refractivity contribution in [3.05, 3.63) is 45.6 Å². The molecule has 3 heterocycles. The molecule has 0 bridgehead atoms. The van der Waals surface area contributed by atoms with Crippen molar-refractivity contribution in [2.24, 2.45) is 5.92 Å². The van der Waals surface area contributed by atoms with Gasteiger partial charge in [0.2, 0.25) is 5.43 Å². The summed E-state index contributed by atoms with van der Waals surface area (Å²) in [5.74, 6) is -0.240. The first-order valence-corrected chi connectivity index (χ1v) is 7.73. The van der Waals surface area contributed by atoms with Crippen molar-refractivity contribution in [3.8, 4) is 5.75 Å². The smallest absolute Gasteiger partial charge is 0.270 e. The largest absolute Gasteiger partial charge is 0.491 e. The lowest BCUT2D eigenvalue weighted by atomic mass is 10.0. The van der Waals surface area contributed by atoms with Gasteiger partial charge in [0, 0.05) is 37.0 Å². The summed E-state index contributed by atoms with van der Waals surface area (Å²) in [5, 5.41) is 17.3. The fraction of sp³-hybridized carbons (Fsp3) is 0.438. The Balaban J connectivity index is 1.70. The van der Waals surface area contributed by atoms with Crippen molar-refractivity contribution in [2.75, 3.05) is 20.2 Å². The van der Waals surface area contributed by atoms with Crippen LogP contribution in [0.5, 0.6) is 5.75 Å². The summed E-state index contributed by atoms with van der Waals surface area (Å²) in [6, 6.07) is 3.15. The average molecular weight is 332 g/mol. The zero-order chi connectivity index (χ0) is 17.3. The Bertz CT molecular complexity index is 797. The van der Waals surface area contributed by atoms with Gasteiger partial charge in [-0.25, -0.2) is 0 Å². The number of carbonyl (C=O) groups is 1. The Morgan fingerprint density at radius 2 is 2.25 bits per heavy atom. The van der Waals surface area contributed by atoms with Gasteiger partial charge in [-0.1, -0.05) is 0 Å². The van der Waals surface area contributed by atoms with Gasteiger partial charge >= 0.3 is 0 Å². The molecule has 0 unspecified atom stereocenters. The molecule has 1 amide bonds. The third kappa shape index (κ3) is 3.18. The minimum Gasteiger partial charge on any atom is -0.491 e. The number of aromatic nitrogens is 3. The number of likely N-dealkylation sites (tertiary alicyclic amines) is 1. The highest BCUT2D eigenvalue weighted by Gasteiger charge is 2.35. The van der Waals surface area contributed by atoms with Gasteiger partial charge in [-0.2, -0.15) is 5.10 Å².